The van der Waals surface area contributed by atoms with Gasteiger partial charge in [-0.2, -0.15) is 0 Å². The molecule has 3 aromatic rings. The van der Waals surface area contributed by atoms with Gasteiger partial charge in [0.1, 0.15) is 0 Å². The van der Waals surface area contributed by atoms with Crippen LogP contribution >= 0.6 is 11.3 Å². The molecule has 2 aliphatic rings. The number of rotatable bonds is 4. The monoisotopic (exact) mass is 424 g/mol. The lowest BCUT2D eigenvalue weighted by Crippen LogP contribution is -2.52. The predicted molar refractivity (Wildman–Crippen MR) is 113 cm³/mol. The summed E-state index contributed by atoms with van der Waals surface area (Å²) in [5.41, 5.74) is 8.87. The molecule has 0 radical (unpaired) electrons. The molecule has 3 aromatic heterocycles. The van der Waals surface area contributed by atoms with Crippen LogP contribution in [-0.2, 0) is 28.0 Å². The standard InChI is InChI=1S/C21H24N6O2S/c22-16(9-14-11-24-13-26-14)20(28)27-6-2-21(3-7-27)15-10-19(17-12-23-4-5-25-17)30-18(15)1-8-29-21/h4-5,10-13,16H,1-3,6-9,22H2,(H,24,26)/t16-/m0/s1. The Morgan fingerprint density at radius 1 is 1.30 bits per heavy atom. The molecule has 5 heterocycles. The second-order valence-corrected chi connectivity index (χ2v) is 8.98. The number of fused-ring (bicyclic) bond motifs is 2. The van der Waals surface area contributed by atoms with E-state index in [2.05, 4.69) is 26.0 Å². The van der Waals surface area contributed by atoms with Crippen LogP contribution in [0.4, 0.5) is 0 Å². The van der Waals surface area contributed by atoms with E-state index < -0.39 is 6.04 Å². The van der Waals surface area contributed by atoms with Crippen LogP contribution in [0.3, 0.4) is 0 Å². The van der Waals surface area contributed by atoms with Crippen molar-refractivity contribution in [2.24, 2.45) is 5.73 Å². The number of imidazole rings is 1. The summed E-state index contributed by atoms with van der Waals surface area (Å²) in [5.74, 6) is -0.0129. The molecular formula is C21H24N6O2S. The molecule has 0 saturated carbocycles. The topological polar surface area (TPSA) is 110 Å². The Bertz CT molecular complexity index is 1010. The molecule has 1 spiro atoms. The maximum absolute atomic E-state index is 12.8. The minimum absolute atomic E-state index is 0.0129. The van der Waals surface area contributed by atoms with Crippen LogP contribution in [0.2, 0.25) is 0 Å². The zero-order chi connectivity index (χ0) is 20.6. The minimum atomic E-state index is -0.563. The zero-order valence-corrected chi connectivity index (χ0v) is 17.4. The Kier molecular flexibility index (Phi) is 5.10. The van der Waals surface area contributed by atoms with Crippen LogP contribution < -0.4 is 5.73 Å². The first-order valence-electron chi connectivity index (χ1n) is 10.2. The van der Waals surface area contributed by atoms with E-state index in [9.17, 15) is 4.79 Å². The lowest BCUT2D eigenvalue weighted by Gasteiger charge is -2.44. The van der Waals surface area contributed by atoms with Gasteiger partial charge in [0.2, 0.25) is 5.91 Å². The number of carbonyl (C=O) groups excluding carboxylic acids is 1. The van der Waals surface area contributed by atoms with E-state index in [-0.39, 0.29) is 11.5 Å². The van der Waals surface area contributed by atoms with Gasteiger partial charge in [-0.3, -0.25) is 14.8 Å². The van der Waals surface area contributed by atoms with Crippen molar-refractivity contribution in [1.29, 1.82) is 0 Å². The number of thiophene rings is 1. The van der Waals surface area contributed by atoms with Gasteiger partial charge in [0.05, 0.1) is 41.3 Å². The van der Waals surface area contributed by atoms with Gasteiger partial charge in [0.15, 0.2) is 0 Å². The third-order valence-corrected chi connectivity index (χ3v) is 7.23. The van der Waals surface area contributed by atoms with Crippen molar-refractivity contribution in [3.8, 4) is 10.6 Å². The Labute approximate surface area is 178 Å². The third kappa shape index (κ3) is 3.53. The highest BCUT2D eigenvalue weighted by atomic mass is 32.1. The molecule has 0 aliphatic carbocycles. The average molecular weight is 425 g/mol. The van der Waals surface area contributed by atoms with Crippen LogP contribution in [0.5, 0.6) is 0 Å². The number of hydrogen-bond donors (Lipinski definition) is 2. The summed E-state index contributed by atoms with van der Waals surface area (Å²) in [5, 5.41) is 0. The molecule has 156 valence electrons. The number of aromatic amines is 1. The molecule has 1 saturated heterocycles. The summed E-state index contributed by atoms with van der Waals surface area (Å²) < 4.78 is 6.34. The van der Waals surface area contributed by atoms with Gasteiger partial charge in [-0.05, 0) is 24.5 Å². The maximum atomic E-state index is 12.8. The zero-order valence-electron chi connectivity index (χ0n) is 16.6. The number of aromatic nitrogens is 4. The van der Waals surface area contributed by atoms with Gasteiger partial charge >= 0.3 is 0 Å². The van der Waals surface area contributed by atoms with Gasteiger partial charge in [-0.25, -0.2) is 4.98 Å². The Hall–Kier alpha value is -2.62. The number of carbonyl (C=O) groups is 1. The van der Waals surface area contributed by atoms with Crippen molar-refractivity contribution >= 4 is 17.2 Å². The molecule has 0 bridgehead atoms. The molecule has 30 heavy (non-hydrogen) atoms. The summed E-state index contributed by atoms with van der Waals surface area (Å²) >= 11 is 1.78. The van der Waals surface area contributed by atoms with E-state index in [0.29, 0.717) is 26.1 Å². The quantitative estimate of drug-likeness (QED) is 0.662. The van der Waals surface area contributed by atoms with Crippen molar-refractivity contribution in [3.63, 3.8) is 0 Å². The molecule has 3 N–H and O–H groups in total. The molecule has 1 fully saturated rings. The van der Waals surface area contributed by atoms with E-state index in [0.717, 1.165) is 35.5 Å². The normalized spacial score (nSPS) is 18.9. The number of piperidine rings is 1. The second-order valence-electron chi connectivity index (χ2n) is 7.84. The largest absolute Gasteiger partial charge is 0.370 e. The average Bonchev–Trinajstić information content (AvgIpc) is 3.45. The van der Waals surface area contributed by atoms with Crippen molar-refractivity contribution in [2.75, 3.05) is 19.7 Å². The number of nitrogens with zero attached hydrogens (tertiary/aromatic N) is 4. The number of ether oxygens (including phenoxy) is 1. The Morgan fingerprint density at radius 2 is 2.17 bits per heavy atom. The number of amides is 1. The van der Waals surface area contributed by atoms with Crippen molar-refractivity contribution in [3.05, 3.63) is 53.3 Å². The highest BCUT2D eigenvalue weighted by molar-refractivity contribution is 7.15. The van der Waals surface area contributed by atoms with E-state index >= 15 is 0 Å². The van der Waals surface area contributed by atoms with Crippen molar-refractivity contribution in [2.45, 2.75) is 37.3 Å². The first-order valence-corrected chi connectivity index (χ1v) is 11.0. The van der Waals surface area contributed by atoms with Crippen LogP contribution in [0.25, 0.3) is 10.6 Å². The van der Waals surface area contributed by atoms with Gasteiger partial charge in [0.25, 0.3) is 0 Å². The smallest absolute Gasteiger partial charge is 0.239 e. The SMILES string of the molecule is N[C@@H](Cc1cnc[nH]1)C(=O)N1CCC2(CC1)OCCc1sc(-c3cnccn3)cc12. The highest BCUT2D eigenvalue weighted by Gasteiger charge is 2.43. The van der Waals surface area contributed by atoms with Gasteiger partial charge in [-0.15, -0.1) is 11.3 Å². The van der Waals surface area contributed by atoms with Crippen LogP contribution in [0.1, 0.15) is 29.0 Å². The van der Waals surface area contributed by atoms with Crippen LogP contribution in [0.15, 0.2) is 37.2 Å². The van der Waals surface area contributed by atoms with Gasteiger partial charge in [0, 0.05) is 55.1 Å². The molecule has 2 aliphatic heterocycles. The molecule has 0 aromatic carbocycles. The fourth-order valence-electron chi connectivity index (χ4n) is 4.43. The molecule has 5 rings (SSSR count). The highest BCUT2D eigenvalue weighted by Crippen LogP contribution is 2.46. The summed E-state index contributed by atoms with van der Waals surface area (Å²) in [6.45, 7) is 2.00. The Balaban J connectivity index is 1.30. The van der Waals surface area contributed by atoms with Crippen LogP contribution in [0, 0.1) is 0 Å². The summed E-state index contributed by atoms with van der Waals surface area (Å²) in [4.78, 5) is 32.8. The minimum Gasteiger partial charge on any atom is -0.370 e. The molecule has 8 nitrogen and oxygen atoms in total. The molecular weight excluding hydrogens is 400 g/mol. The van der Waals surface area contributed by atoms with Gasteiger partial charge in [-0.1, -0.05) is 0 Å². The maximum Gasteiger partial charge on any atom is 0.239 e. The molecule has 1 atom stereocenters. The van der Waals surface area contributed by atoms with Crippen LogP contribution in [-0.4, -0.2) is 56.5 Å². The van der Waals surface area contributed by atoms with E-state index in [1.807, 2.05) is 4.90 Å². The molecule has 1 amide bonds. The lowest BCUT2D eigenvalue weighted by atomic mass is 9.82. The molecule has 9 heteroatoms. The number of hydrogen-bond acceptors (Lipinski definition) is 7. The summed E-state index contributed by atoms with van der Waals surface area (Å²) in [6, 6.07) is 1.65. The number of likely N-dealkylation sites (tertiary alicyclic amines) is 1. The Morgan fingerprint density at radius 3 is 2.90 bits per heavy atom. The van der Waals surface area contributed by atoms with Gasteiger partial charge < -0.3 is 20.4 Å². The fraction of sp³-hybridized carbons (Fsp3) is 0.429. The van der Waals surface area contributed by atoms with Crippen molar-refractivity contribution in [1.82, 2.24) is 24.8 Å². The third-order valence-electron chi connectivity index (χ3n) is 6.02. The number of nitrogens with two attached hydrogens (primary N) is 1. The lowest BCUT2D eigenvalue weighted by molar-refractivity contribution is -0.141. The predicted octanol–water partition coefficient (Wildman–Crippen LogP) is 1.89. The van der Waals surface area contributed by atoms with E-state index in [4.69, 9.17) is 10.5 Å². The second kappa shape index (κ2) is 7.90. The first kappa shape index (κ1) is 19.3. The van der Waals surface area contributed by atoms with Crippen molar-refractivity contribution < 1.29 is 9.53 Å². The first-order chi connectivity index (χ1) is 14.6. The van der Waals surface area contributed by atoms with E-state index in [1.165, 1.54) is 10.4 Å². The summed E-state index contributed by atoms with van der Waals surface area (Å²) in [7, 11) is 0. The molecule has 0 unspecified atom stereocenters. The summed E-state index contributed by atoms with van der Waals surface area (Å²) in [6.07, 6.45) is 11.5. The van der Waals surface area contributed by atoms with E-state index in [1.54, 1.807) is 42.5 Å². The fourth-order valence-corrected chi connectivity index (χ4v) is 5.62. The number of nitrogens with one attached hydrogen (secondary N) is 1. The number of H-pyrrole nitrogens is 1.